The zero-order valence-corrected chi connectivity index (χ0v) is 56.3. The second kappa shape index (κ2) is 25.8. The molecule has 1 unspecified atom stereocenters. The van der Waals surface area contributed by atoms with Crippen molar-refractivity contribution in [1.29, 1.82) is 0 Å². The van der Waals surface area contributed by atoms with E-state index in [1.165, 1.54) is 22.3 Å². The van der Waals surface area contributed by atoms with Crippen LogP contribution in [-0.2, 0) is 57.7 Å². The molecule has 2 amide bonds. The van der Waals surface area contributed by atoms with Gasteiger partial charge in [-0.3, -0.25) is 19.1 Å². The minimum Gasteiger partial charge on any atom is -0.490 e. The van der Waals surface area contributed by atoms with Crippen LogP contribution in [0.1, 0.15) is 180 Å². The molecule has 9 aliphatic rings. The standard InChI is InChI=1S/C36H47ClN2O6S.C35H45ClN2O5S/c1-4-29(40)19-36(42)16-5-7-23(2)24(3)46(43,44)38-34(41)26-10-14-33-32(18-26)39(20-27-9-12-31(27)36)21-35(22-45-33)15-6-8-25-17-28(37)11-13-30(25)35;1-23-6-4-15-35(42-16-17-43-35)30-11-8-27(30)20-38-21-34(14-5-7-25-18-28(36)10-12-29(25)34)22-41-32-13-9-26(19-31(32)38)33(39)37-44(3,40)24(23)2/h10-11,13-14,17-18,23-24,27,31,42H,4-9,12,15-16,19-22H2,1-3H3,(H,38,41);9-10,12-13,18-19,23-24,27,30H,3-8,11,14-17,20-22H2,1-2H3,(H,37,39,40)/t23-,24+,27-,31+,35-,36+;23-,24+,27-,30+,34-,44?/m00/s1. The lowest BCUT2D eigenvalue weighted by molar-refractivity contribution is -0.232. The fourth-order valence-electron chi connectivity index (χ4n) is 17.0. The molecule has 19 heteroatoms. The number of hydrogen-bond acceptors (Lipinski definition) is 13. The van der Waals surface area contributed by atoms with Gasteiger partial charge in [0.25, 0.3) is 11.8 Å². The number of anilines is 2. The van der Waals surface area contributed by atoms with Gasteiger partial charge in [-0.25, -0.2) is 17.3 Å². The number of benzene rings is 4. The number of carbonyl (C=O) groups is 3. The summed E-state index contributed by atoms with van der Waals surface area (Å²) in [6, 6.07) is 23.2. The fraction of sp³-hybridized carbons (Fsp3) is 0.606. The molecule has 4 bridgehead atoms. The van der Waals surface area contributed by atoms with Crippen molar-refractivity contribution < 1.29 is 51.1 Å². The summed E-state index contributed by atoms with van der Waals surface area (Å²) in [6.45, 7) is 14.5. The van der Waals surface area contributed by atoms with Crippen molar-refractivity contribution in [2.75, 3.05) is 62.4 Å². The number of halogens is 2. The maximum atomic E-state index is 13.8. The van der Waals surface area contributed by atoms with Crippen molar-refractivity contribution in [2.24, 2.45) is 35.5 Å². The number of amides is 2. The first-order valence-corrected chi connectivity index (χ1v) is 37.4. The van der Waals surface area contributed by atoms with Crippen molar-refractivity contribution in [3.8, 4) is 11.5 Å². The Hall–Kier alpha value is -4.88. The molecule has 3 spiro atoms. The average molecular weight is 1310 g/mol. The van der Waals surface area contributed by atoms with Crippen molar-refractivity contribution >= 4 is 77.8 Å². The summed E-state index contributed by atoms with van der Waals surface area (Å²) < 4.78 is 71.8. The van der Waals surface area contributed by atoms with Gasteiger partial charge in [0.15, 0.2) is 5.79 Å². The van der Waals surface area contributed by atoms with Crippen LogP contribution in [-0.4, -0.2) is 116 Å². The molecule has 4 aromatic carbocycles. The van der Waals surface area contributed by atoms with Crippen molar-refractivity contribution in [3.63, 3.8) is 0 Å². The first-order valence-electron chi connectivity index (χ1n) is 33.3. The van der Waals surface area contributed by atoms with Gasteiger partial charge in [-0.15, -0.1) is 0 Å². The monoisotopic (exact) mass is 1310 g/mol. The van der Waals surface area contributed by atoms with E-state index in [1.807, 2.05) is 45.0 Å². The van der Waals surface area contributed by atoms with Crippen LogP contribution in [0, 0.1) is 35.5 Å². The molecule has 13 rings (SSSR count). The molecular weight excluding hydrogens is 1220 g/mol. The van der Waals surface area contributed by atoms with Gasteiger partial charge < -0.3 is 33.9 Å². The number of aryl methyl sites for hydroxylation is 2. The highest BCUT2D eigenvalue weighted by molar-refractivity contribution is 7.99. The number of aliphatic hydroxyl groups is 1. The number of nitrogens with one attached hydrogen (secondary N) is 2. The number of nitrogens with zero attached hydrogens (tertiary/aromatic N) is 2. The zero-order chi connectivity index (χ0) is 63.5. The van der Waals surface area contributed by atoms with E-state index in [2.05, 4.69) is 56.3 Å². The molecule has 0 aromatic heterocycles. The largest absolute Gasteiger partial charge is 0.490 e. The van der Waals surface area contributed by atoms with Crippen LogP contribution in [0.4, 0.5) is 11.4 Å². The lowest BCUT2D eigenvalue weighted by Crippen LogP contribution is -2.53. The average Bonchev–Trinajstić information content (AvgIpc) is 1.42. The van der Waals surface area contributed by atoms with Gasteiger partial charge in [-0.1, -0.05) is 62.5 Å². The van der Waals surface area contributed by atoms with Crippen molar-refractivity contribution in [2.45, 2.75) is 183 Å². The highest BCUT2D eigenvalue weighted by Gasteiger charge is 2.54. The number of Topliss-reactive ketones (excluding diaryl/α,β-unsaturated/α-hetero) is 1. The second-order valence-electron chi connectivity index (χ2n) is 28.4. The number of hydrogen-bond donors (Lipinski definition) is 3. The van der Waals surface area contributed by atoms with Gasteiger partial charge in [0.05, 0.1) is 58.4 Å². The third kappa shape index (κ3) is 12.8. The SMILES string of the molecule is C=S1(=O)NC(=O)c2ccc3c(c2)N(C[C@@H]2CC[C@H]2C2(CCC[C@H](C)[C@H]1C)OCCO2)C[C@@]1(CCCc2cc(Cl)ccc21)CO3.CCC(=O)C[C@]1(O)CCC[C@H](C)[C@@H](C)S(=O)(=O)NC(=O)c2ccc3c(c2)N(C[C@@H]2CC[C@H]21)C[C@@]1(CCCc2cc(Cl)ccc21)CO3. The summed E-state index contributed by atoms with van der Waals surface area (Å²) in [5, 5.41) is 12.6. The highest BCUT2D eigenvalue weighted by atomic mass is 35.5. The first-order chi connectivity index (χ1) is 42.9. The number of ketones is 1. The molecule has 5 heterocycles. The molecule has 3 N–H and O–H groups in total. The number of ether oxygens (including phenoxy) is 4. The molecule has 2 saturated carbocycles. The Morgan fingerprint density at radius 3 is 1.64 bits per heavy atom. The van der Waals surface area contributed by atoms with Crippen LogP contribution in [0.3, 0.4) is 0 Å². The van der Waals surface area contributed by atoms with E-state index in [0.717, 1.165) is 119 Å². The van der Waals surface area contributed by atoms with Crippen molar-refractivity contribution in [1.82, 2.24) is 9.44 Å². The maximum Gasteiger partial charge on any atom is 0.264 e. The Labute approximate surface area is 543 Å². The lowest BCUT2D eigenvalue weighted by Gasteiger charge is -2.50. The van der Waals surface area contributed by atoms with Crippen LogP contribution in [0.5, 0.6) is 11.5 Å². The molecule has 1 saturated heterocycles. The summed E-state index contributed by atoms with van der Waals surface area (Å²) in [6.07, 6.45) is 14.6. The normalized spacial score (nSPS) is 33.9. The Morgan fingerprint density at radius 2 is 1.13 bits per heavy atom. The molecule has 488 valence electrons. The number of fused-ring (bicyclic) bond motifs is 9. The molecule has 0 radical (unpaired) electrons. The second-order valence-corrected chi connectivity index (χ2v) is 33.7. The summed E-state index contributed by atoms with van der Waals surface area (Å²) >= 11 is 12.9. The summed E-state index contributed by atoms with van der Waals surface area (Å²) in [5.74, 6) is 4.56. The molecule has 15 nitrogen and oxygen atoms in total. The molecule has 3 fully saturated rings. The molecule has 4 aliphatic carbocycles. The third-order valence-electron chi connectivity index (χ3n) is 22.9. The maximum absolute atomic E-state index is 13.8. The quantitative estimate of drug-likeness (QED) is 0.164. The predicted octanol–water partition coefficient (Wildman–Crippen LogP) is 12.4. The highest BCUT2D eigenvalue weighted by Crippen LogP contribution is 2.53. The molecule has 4 aromatic rings. The molecular formula is C71H92Cl2N4O11S2. The van der Waals surface area contributed by atoms with E-state index in [4.69, 9.17) is 42.1 Å². The number of rotatable bonds is 3. The van der Waals surface area contributed by atoms with Gasteiger partial charge in [0.1, 0.15) is 17.3 Å². The van der Waals surface area contributed by atoms with Gasteiger partial charge in [0.2, 0.25) is 10.0 Å². The fourth-order valence-corrected chi connectivity index (χ4v) is 20.2. The van der Waals surface area contributed by atoms with E-state index in [-0.39, 0.29) is 63.4 Å². The van der Waals surface area contributed by atoms with E-state index in [0.29, 0.717) is 93.4 Å². The van der Waals surface area contributed by atoms with E-state index in [1.54, 1.807) is 31.2 Å². The van der Waals surface area contributed by atoms with Gasteiger partial charge in [-0.05, 0) is 222 Å². The minimum atomic E-state index is -3.97. The Morgan fingerprint density at radius 1 is 0.633 bits per heavy atom. The van der Waals surface area contributed by atoms with E-state index < -0.39 is 42.3 Å². The minimum absolute atomic E-state index is 0.0452. The Bertz CT molecular complexity index is 3620. The molecule has 12 atom stereocenters. The third-order valence-corrected chi connectivity index (χ3v) is 27.5. The Balaban J connectivity index is 0.000000175. The van der Waals surface area contributed by atoms with Gasteiger partial charge in [0, 0.05) is 88.6 Å². The number of carbonyl (C=O) groups excluding carboxylic acids is 3. The van der Waals surface area contributed by atoms with E-state index >= 15 is 0 Å². The zero-order valence-electron chi connectivity index (χ0n) is 53.1. The summed E-state index contributed by atoms with van der Waals surface area (Å²) in [7, 11) is -6.86. The van der Waals surface area contributed by atoms with Crippen LogP contribution in [0.2, 0.25) is 10.0 Å². The van der Waals surface area contributed by atoms with Crippen LogP contribution < -0.4 is 28.7 Å². The smallest absolute Gasteiger partial charge is 0.264 e. The molecule has 5 aliphatic heterocycles. The van der Waals surface area contributed by atoms with Crippen LogP contribution in [0.25, 0.3) is 0 Å². The topological polar surface area (TPSA) is 190 Å². The lowest BCUT2D eigenvalue weighted by atomic mass is 9.61. The van der Waals surface area contributed by atoms with E-state index in [9.17, 15) is 32.1 Å². The predicted molar refractivity (Wildman–Crippen MR) is 356 cm³/mol. The molecule has 90 heavy (non-hydrogen) atoms. The summed E-state index contributed by atoms with van der Waals surface area (Å²) in [5.41, 5.74) is 5.78. The number of sulfonamides is 1. The Kier molecular flexibility index (Phi) is 18.7. The summed E-state index contributed by atoms with van der Waals surface area (Å²) in [4.78, 5) is 44.6. The first kappa shape index (κ1) is 65.2. The van der Waals surface area contributed by atoms with Crippen LogP contribution >= 0.6 is 23.2 Å². The van der Waals surface area contributed by atoms with Gasteiger partial charge >= 0.3 is 0 Å². The van der Waals surface area contributed by atoms with Crippen LogP contribution in [0.15, 0.2) is 72.8 Å². The van der Waals surface area contributed by atoms with Crippen molar-refractivity contribution in [3.05, 3.63) is 116 Å². The van der Waals surface area contributed by atoms with Gasteiger partial charge in [-0.2, -0.15) is 0 Å².